The predicted molar refractivity (Wildman–Crippen MR) is 177 cm³/mol. The molecule has 11 nitrogen and oxygen atoms in total. The number of rotatable bonds is 7. The number of carbonyl (C=O) groups is 1. The quantitative estimate of drug-likeness (QED) is 0.249. The number of aryl methyl sites for hydroxylation is 3. The Morgan fingerprint density at radius 3 is 2.63 bits per heavy atom. The first-order valence-corrected chi connectivity index (χ1v) is 16.1. The van der Waals surface area contributed by atoms with E-state index >= 15 is 0 Å². The summed E-state index contributed by atoms with van der Waals surface area (Å²) in [5.41, 5.74) is 3.05. The van der Waals surface area contributed by atoms with E-state index < -0.39 is 5.97 Å². The standard InChI is InChI=1S/C33H30ClN7O4S/c1-16-9-23(30-29(37-16)27(33(43)44)17(2)46-30)22-10-19(34)5-6-26(22)45-8-7-41-18(3)38-25-13-36-31(24(12-35)28(25)32(41)42)40-14-20-11-21(15-40)39(20)4/h5-6,9-10,13,20-21H,7-8,11,14-15H2,1-4H3,(H,43,44)/t20-,21+. The van der Waals surface area contributed by atoms with E-state index in [1.165, 1.54) is 15.9 Å². The van der Waals surface area contributed by atoms with Crippen LogP contribution in [-0.4, -0.2) is 74.3 Å². The fraction of sp³-hybridized carbons (Fsp3) is 0.333. The Balaban J connectivity index is 1.21. The summed E-state index contributed by atoms with van der Waals surface area (Å²) < 4.78 is 8.53. The van der Waals surface area contributed by atoms with Crippen molar-refractivity contribution in [3.8, 4) is 22.9 Å². The van der Waals surface area contributed by atoms with Gasteiger partial charge >= 0.3 is 5.97 Å². The number of likely N-dealkylation sites (N-methyl/N-ethyl adjacent to an activating group) is 1. The number of anilines is 1. The van der Waals surface area contributed by atoms with Crippen molar-refractivity contribution in [1.82, 2.24) is 24.4 Å². The number of ether oxygens (including phenoxy) is 1. The van der Waals surface area contributed by atoms with Crippen molar-refractivity contribution in [2.24, 2.45) is 0 Å². The molecule has 0 spiro atoms. The van der Waals surface area contributed by atoms with Crippen molar-refractivity contribution >= 4 is 55.8 Å². The van der Waals surface area contributed by atoms with Crippen molar-refractivity contribution in [3.63, 3.8) is 0 Å². The molecule has 7 heterocycles. The Hall–Kier alpha value is -4.57. The summed E-state index contributed by atoms with van der Waals surface area (Å²) in [5.74, 6) is 0.515. The van der Waals surface area contributed by atoms with Crippen molar-refractivity contribution in [3.05, 3.63) is 73.4 Å². The van der Waals surface area contributed by atoms with E-state index in [9.17, 15) is 20.0 Å². The van der Waals surface area contributed by atoms with Gasteiger partial charge < -0.3 is 14.7 Å². The number of piperidine rings is 1. The average molecular weight is 656 g/mol. The number of thiophene rings is 1. The van der Waals surface area contributed by atoms with Gasteiger partial charge in [-0.15, -0.1) is 11.3 Å². The normalized spacial score (nSPS) is 17.7. The molecule has 2 atom stereocenters. The van der Waals surface area contributed by atoms with Gasteiger partial charge in [-0.25, -0.2) is 14.8 Å². The average Bonchev–Trinajstić information content (AvgIpc) is 3.37. The SMILES string of the molecule is Cc1cc(-c2cc(Cl)ccc2OCCn2c(C)nc3cnc(N4C[C@H]5C[C@@H](C4)N5C)c(C#N)c3c2=O)c2sc(C)c(C(=O)O)c2n1. The van der Waals surface area contributed by atoms with Crippen molar-refractivity contribution in [1.29, 1.82) is 5.26 Å². The molecule has 46 heavy (non-hydrogen) atoms. The Labute approximate surface area is 273 Å². The summed E-state index contributed by atoms with van der Waals surface area (Å²) >= 11 is 7.80. The van der Waals surface area contributed by atoms with Gasteiger partial charge in [-0.05, 0) is 58.5 Å². The number of hydrogen-bond acceptors (Lipinski definition) is 10. The lowest BCUT2D eigenvalue weighted by Crippen LogP contribution is -2.67. The molecular formula is C33H30ClN7O4S. The minimum Gasteiger partial charge on any atom is -0.491 e. The fourth-order valence-corrected chi connectivity index (χ4v) is 8.02. The minimum atomic E-state index is -1.03. The molecule has 3 aliphatic heterocycles. The van der Waals surface area contributed by atoms with Gasteiger partial charge in [-0.3, -0.25) is 19.2 Å². The largest absolute Gasteiger partial charge is 0.491 e. The van der Waals surface area contributed by atoms with Gasteiger partial charge in [0.05, 0.1) is 39.4 Å². The van der Waals surface area contributed by atoms with E-state index in [1.807, 2.05) is 13.0 Å². The first-order chi connectivity index (χ1) is 22.0. The second-order valence-corrected chi connectivity index (χ2v) is 13.5. The van der Waals surface area contributed by atoms with E-state index in [0.29, 0.717) is 61.7 Å². The highest BCUT2D eigenvalue weighted by atomic mass is 35.5. The van der Waals surface area contributed by atoms with Gasteiger partial charge in [0.25, 0.3) is 5.56 Å². The summed E-state index contributed by atoms with van der Waals surface area (Å²) in [4.78, 5) is 44.8. The van der Waals surface area contributed by atoms with Crippen molar-refractivity contribution < 1.29 is 14.6 Å². The maximum atomic E-state index is 13.9. The number of pyridine rings is 2. The van der Waals surface area contributed by atoms with Crippen LogP contribution in [0.1, 0.15) is 38.7 Å². The second kappa shape index (κ2) is 11.3. The number of carboxylic acid groups (broad SMARTS) is 1. The van der Waals surface area contributed by atoms with Crippen LogP contribution in [-0.2, 0) is 6.54 Å². The summed E-state index contributed by atoms with van der Waals surface area (Å²) in [6, 6.07) is 10.2. The molecule has 5 aromatic rings. The van der Waals surface area contributed by atoms with E-state index in [2.05, 4.69) is 37.9 Å². The number of nitriles is 1. The number of aromatic carboxylic acids is 1. The van der Waals surface area contributed by atoms with Crippen molar-refractivity contribution in [2.45, 2.75) is 45.8 Å². The van der Waals surface area contributed by atoms with Crippen LogP contribution >= 0.6 is 22.9 Å². The molecule has 3 fully saturated rings. The zero-order valence-electron chi connectivity index (χ0n) is 25.7. The summed E-state index contributed by atoms with van der Waals surface area (Å²) in [7, 11) is 2.12. The molecular weight excluding hydrogens is 626 g/mol. The maximum absolute atomic E-state index is 13.9. The van der Waals surface area contributed by atoms with E-state index in [0.717, 1.165) is 29.8 Å². The number of benzene rings is 1. The van der Waals surface area contributed by atoms with Crippen LogP contribution in [0.5, 0.6) is 5.75 Å². The summed E-state index contributed by atoms with van der Waals surface area (Å²) in [5, 5.41) is 20.8. The number of hydrogen-bond donors (Lipinski definition) is 1. The molecule has 13 heteroatoms. The van der Waals surface area contributed by atoms with Crippen LogP contribution < -0.4 is 15.2 Å². The lowest BCUT2D eigenvalue weighted by molar-refractivity contribution is 0.0261. The van der Waals surface area contributed by atoms with Gasteiger partial charge in [-0.2, -0.15) is 5.26 Å². The molecule has 234 valence electrons. The molecule has 2 bridgehead atoms. The Morgan fingerprint density at radius 1 is 1.17 bits per heavy atom. The van der Waals surface area contributed by atoms with Crippen LogP contribution in [0.15, 0.2) is 35.3 Å². The summed E-state index contributed by atoms with van der Waals surface area (Å²) in [6.07, 6.45) is 2.72. The molecule has 0 amide bonds. The molecule has 3 saturated heterocycles. The van der Waals surface area contributed by atoms with Crippen LogP contribution in [0, 0.1) is 32.1 Å². The van der Waals surface area contributed by atoms with Crippen LogP contribution in [0.2, 0.25) is 5.02 Å². The molecule has 8 rings (SSSR count). The highest BCUT2D eigenvalue weighted by Crippen LogP contribution is 2.42. The Bertz CT molecular complexity index is 2180. The molecule has 0 unspecified atom stereocenters. The lowest BCUT2D eigenvalue weighted by atomic mass is 9.88. The van der Waals surface area contributed by atoms with Gasteiger partial charge in [0, 0.05) is 51.9 Å². The Kier molecular flexibility index (Phi) is 7.43. The third kappa shape index (κ3) is 4.86. The molecule has 1 N–H and O–H groups in total. The third-order valence-electron chi connectivity index (χ3n) is 9.10. The Morgan fingerprint density at radius 2 is 1.93 bits per heavy atom. The van der Waals surface area contributed by atoms with Gasteiger partial charge in [0.1, 0.15) is 35.6 Å². The second-order valence-electron chi connectivity index (χ2n) is 11.9. The maximum Gasteiger partial charge on any atom is 0.339 e. The molecule has 0 radical (unpaired) electrons. The molecule has 4 aromatic heterocycles. The highest BCUT2D eigenvalue weighted by molar-refractivity contribution is 7.20. The number of nitrogens with zero attached hydrogens (tertiary/aromatic N) is 7. The van der Waals surface area contributed by atoms with Gasteiger partial charge in [0.15, 0.2) is 0 Å². The van der Waals surface area contributed by atoms with Gasteiger partial charge in [-0.1, -0.05) is 11.6 Å². The van der Waals surface area contributed by atoms with Crippen LogP contribution in [0.4, 0.5) is 5.82 Å². The molecule has 0 saturated carbocycles. The van der Waals surface area contributed by atoms with Crippen LogP contribution in [0.3, 0.4) is 0 Å². The minimum absolute atomic E-state index is 0.126. The highest BCUT2D eigenvalue weighted by Gasteiger charge is 2.43. The number of halogens is 1. The van der Waals surface area contributed by atoms with Crippen molar-refractivity contribution in [2.75, 3.05) is 31.6 Å². The molecule has 3 aliphatic rings. The zero-order chi connectivity index (χ0) is 32.4. The summed E-state index contributed by atoms with van der Waals surface area (Å²) in [6.45, 7) is 7.17. The van der Waals surface area contributed by atoms with Crippen LogP contribution in [0.25, 0.3) is 32.2 Å². The number of piperazine rings is 1. The third-order valence-corrected chi connectivity index (χ3v) is 10.5. The van der Waals surface area contributed by atoms with E-state index in [4.69, 9.17) is 16.3 Å². The van der Waals surface area contributed by atoms with Gasteiger partial charge in [0.2, 0.25) is 0 Å². The fourth-order valence-electron chi connectivity index (χ4n) is 6.73. The lowest BCUT2D eigenvalue weighted by Gasteiger charge is -2.55. The molecule has 0 aliphatic carbocycles. The topological polar surface area (TPSA) is 137 Å². The number of aromatic nitrogens is 4. The first kappa shape index (κ1) is 30.1. The smallest absolute Gasteiger partial charge is 0.339 e. The monoisotopic (exact) mass is 655 g/mol. The van der Waals surface area contributed by atoms with E-state index in [1.54, 1.807) is 38.2 Å². The van der Waals surface area contributed by atoms with E-state index in [-0.39, 0.29) is 35.2 Å². The predicted octanol–water partition coefficient (Wildman–Crippen LogP) is 5.19. The zero-order valence-corrected chi connectivity index (χ0v) is 27.2. The number of fused-ring (bicyclic) bond motifs is 4. The number of carboxylic acids is 1. The molecule has 1 aromatic carbocycles. The first-order valence-electron chi connectivity index (χ1n) is 14.9.